The van der Waals surface area contributed by atoms with Gasteiger partial charge in [0, 0.05) is 20.1 Å². The van der Waals surface area contributed by atoms with Crippen molar-refractivity contribution in [2.75, 3.05) is 24.2 Å². The molecule has 0 bridgehead atoms. The highest BCUT2D eigenvalue weighted by atomic mass is 16.3. The van der Waals surface area contributed by atoms with E-state index in [1.54, 1.807) is 11.9 Å². The summed E-state index contributed by atoms with van der Waals surface area (Å²) in [7, 11) is 1.79. The van der Waals surface area contributed by atoms with E-state index in [9.17, 15) is 14.7 Å². The zero-order valence-electron chi connectivity index (χ0n) is 12.6. The van der Waals surface area contributed by atoms with Gasteiger partial charge in [0.1, 0.15) is 11.5 Å². The van der Waals surface area contributed by atoms with Gasteiger partial charge in [0.25, 0.3) is 5.56 Å². The molecule has 0 saturated heterocycles. The van der Waals surface area contributed by atoms with Gasteiger partial charge < -0.3 is 15.7 Å². The van der Waals surface area contributed by atoms with Crippen molar-refractivity contribution >= 4 is 11.5 Å². The zero-order chi connectivity index (χ0) is 15.6. The second-order valence-corrected chi connectivity index (χ2v) is 5.87. The molecule has 1 saturated carbocycles. The van der Waals surface area contributed by atoms with E-state index in [2.05, 4.69) is 4.98 Å². The van der Waals surface area contributed by atoms with Crippen LogP contribution >= 0.6 is 0 Å². The predicted molar refractivity (Wildman–Crippen MR) is 82.6 cm³/mol. The highest BCUT2D eigenvalue weighted by molar-refractivity contribution is 5.62. The quantitative estimate of drug-likeness (QED) is 0.692. The molecule has 1 aliphatic rings. The van der Waals surface area contributed by atoms with Crippen LogP contribution in [0.2, 0.25) is 0 Å². The molecule has 7 nitrogen and oxygen atoms in total. The van der Waals surface area contributed by atoms with Gasteiger partial charge in [0.05, 0.1) is 6.10 Å². The Morgan fingerprint density at radius 1 is 1.43 bits per heavy atom. The summed E-state index contributed by atoms with van der Waals surface area (Å²) in [5.41, 5.74) is 5.47. The van der Waals surface area contributed by atoms with Crippen LogP contribution in [0, 0.1) is 5.92 Å². The number of anilines is 2. The fraction of sp³-hybridized carbons (Fsp3) is 0.714. The van der Waals surface area contributed by atoms with Gasteiger partial charge in [-0.2, -0.15) is 0 Å². The van der Waals surface area contributed by atoms with E-state index < -0.39 is 11.2 Å². The largest absolute Gasteiger partial charge is 0.393 e. The summed E-state index contributed by atoms with van der Waals surface area (Å²) in [6.45, 7) is 3.18. The first-order valence-electron chi connectivity index (χ1n) is 7.45. The lowest BCUT2D eigenvalue weighted by Gasteiger charge is -2.35. The van der Waals surface area contributed by atoms with Gasteiger partial charge in [-0.25, -0.2) is 4.79 Å². The molecule has 0 spiro atoms. The van der Waals surface area contributed by atoms with Crippen LogP contribution < -0.4 is 21.9 Å². The Morgan fingerprint density at radius 2 is 2.10 bits per heavy atom. The molecular formula is C14H24N4O3. The van der Waals surface area contributed by atoms with Gasteiger partial charge in [-0.1, -0.05) is 13.3 Å². The lowest BCUT2D eigenvalue weighted by atomic mass is 9.82. The number of rotatable bonds is 6. The Hall–Kier alpha value is -1.76. The van der Waals surface area contributed by atoms with Crippen LogP contribution in [0.5, 0.6) is 0 Å². The van der Waals surface area contributed by atoms with E-state index >= 15 is 0 Å². The molecule has 1 aliphatic carbocycles. The average molecular weight is 296 g/mol. The molecule has 4 N–H and O–H groups in total. The number of H-pyrrole nitrogens is 1. The minimum absolute atomic E-state index is 0.222. The number of unbranched alkanes of at least 4 members (excludes halogenated alkanes) is 1. The van der Waals surface area contributed by atoms with Crippen molar-refractivity contribution in [3.8, 4) is 0 Å². The van der Waals surface area contributed by atoms with Gasteiger partial charge in [-0.3, -0.25) is 14.3 Å². The SMILES string of the molecule is CCCCn1c(N)c(N(C)CC2CC(O)C2)c(=O)[nH]c1=O. The summed E-state index contributed by atoms with van der Waals surface area (Å²) in [6, 6.07) is 0. The number of hydrogen-bond acceptors (Lipinski definition) is 5. The minimum atomic E-state index is -0.456. The van der Waals surface area contributed by atoms with Crippen LogP contribution in [0.25, 0.3) is 0 Å². The van der Waals surface area contributed by atoms with Crippen molar-refractivity contribution in [3.05, 3.63) is 20.8 Å². The number of hydrogen-bond donors (Lipinski definition) is 3. The fourth-order valence-electron chi connectivity index (χ4n) is 2.81. The number of aliphatic hydroxyl groups excluding tert-OH is 1. The zero-order valence-corrected chi connectivity index (χ0v) is 12.6. The Balaban J connectivity index is 2.25. The fourth-order valence-corrected chi connectivity index (χ4v) is 2.81. The van der Waals surface area contributed by atoms with E-state index in [0.717, 1.165) is 25.7 Å². The molecule has 1 fully saturated rings. The molecule has 0 radical (unpaired) electrons. The third-order valence-electron chi connectivity index (χ3n) is 4.07. The van der Waals surface area contributed by atoms with Gasteiger partial charge >= 0.3 is 5.69 Å². The third kappa shape index (κ3) is 3.29. The number of nitrogens with zero attached hydrogens (tertiary/aromatic N) is 2. The van der Waals surface area contributed by atoms with Crippen LogP contribution in [0.3, 0.4) is 0 Å². The number of nitrogens with one attached hydrogen (secondary N) is 1. The topological polar surface area (TPSA) is 104 Å². The number of aromatic amines is 1. The monoisotopic (exact) mass is 296 g/mol. The van der Waals surface area contributed by atoms with Gasteiger partial charge in [-0.05, 0) is 25.2 Å². The van der Waals surface area contributed by atoms with Crippen molar-refractivity contribution in [3.63, 3.8) is 0 Å². The smallest absolute Gasteiger partial charge is 0.330 e. The average Bonchev–Trinajstić information content (AvgIpc) is 2.36. The Morgan fingerprint density at radius 3 is 2.67 bits per heavy atom. The molecule has 1 aromatic rings. The Kier molecular flexibility index (Phi) is 4.72. The van der Waals surface area contributed by atoms with Crippen molar-refractivity contribution in [1.29, 1.82) is 0 Å². The van der Waals surface area contributed by atoms with Crippen molar-refractivity contribution < 1.29 is 5.11 Å². The molecular weight excluding hydrogens is 272 g/mol. The molecule has 0 unspecified atom stereocenters. The van der Waals surface area contributed by atoms with Crippen LogP contribution in [-0.2, 0) is 6.54 Å². The van der Waals surface area contributed by atoms with Gasteiger partial charge in [0.2, 0.25) is 0 Å². The minimum Gasteiger partial charge on any atom is -0.393 e. The van der Waals surface area contributed by atoms with Gasteiger partial charge in [-0.15, -0.1) is 0 Å². The maximum atomic E-state index is 12.0. The van der Waals surface area contributed by atoms with Crippen LogP contribution in [0.15, 0.2) is 9.59 Å². The van der Waals surface area contributed by atoms with Crippen molar-refractivity contribution in [1.82, 2.24) is 9.55 Å². The summed E-state index contributed by atoms with van der Waals surface area (Å²) >= 11 is 0. The lowest BCUT2D eigenvalue weighted by molar-refractivity contribution is 0.0464. The Labute approximate surface area is 123 Å². The molecule has 0 atom stereocenters. The summed E-state index contributed by atoms with van der Waals surface area (Å²) < 4.78 is 1.42. The number of aromatic nitrogens is 2. The predicted octanol–water partition coefficient (Wildman–Crippen LogP) is 0.126. The van der Waals surface area contributed by atoms with Crippen LogP contribution in [0.1, 0.15) is 32.6 Å². The highest BCUT2D eigenvalue weighted by Crippen LogP contribution is 2.29. The standard InChI is InChI=1S/C14H24N4O3/c1-3-4-5-18-12(15)11(13(20)16-14(18)21)17(2)8-9-6-10(19)7-9/h9-10,19H,3-8,15H2,1-2H3,(H,16,20,21). The molecule has 7 heteroatoms. The first kappa shape index (κ1) is 15.6. The number of nitrogen functional groups attached to an aromatic ring is 1. The molecule has 0 aromatic carbocycles. The van der Waals surface area contributed by atoms with Crippen molar-refractivity contribution in [2.45, 2.75) is 45.3 Å². The maximum absolute atomic E-state index is 12.0. The van der Waals surface area contributed by atoms with E-state index in [4.69, 9.17) is 5.73 Å². The molecule has 118 valence electrons. The summed E-state index contributed by atoms with van der Waals surface area (Å²) in [5, 5.41) is 9.33. The second kappa shape index (κ2) is 6.34. The molecule has 0 aliphatic heterocycles. The van der Waals surface area contributed by atoms with E-state index in [-0.39, 0.29) is 11.9 Å². The summed E-state index contributed by atoms with van der Waals surface area (Å²) in [4.78, 5) is 28.0. The summed E-state index contributed by atoms with van der Waals surface area (Å²) in [5.74, 6) is 0.583. The lowest BCUT2D eigenvalue weighted by Crippen LogP contribution is -2.41. The first-order chi connectivity index (χ1) is 9.93. The highest BCUT2D eigenvalue weighted by Gasteiger charge is 2.29. The maximum Gasteiger partial charge on any atom is 0.330 e. The van der Waals surface area contributed by atoms with Crippen LogP contribution in [-0.4, -0.2) is 34.4 Å². The first-order valence-corrected chi connectivity index (χ1v) is 7.45. The molecule has 2 rings (SSSR count). The van der Waals surface area contributed by atoms with Gasteiger partial charge in [0.15, 0.2) is 0 Å². The molecule has 0 amide bonds. The number of nitrogens with two attached hydrogens (primary N) is 1. The number of aliphatic hydroxyl groups is 1. The normalized spacial score (nSPS) is 21.1. The van der Waals surface area contributed by atoms with E-state index in [0.29, 0.717) is 24.7 Å². The molecule has 1 aromatic heterocycles. The summed E-state index contributed by atoms with van der Waals surface area (Å²) in [6.07, 6.45) is 3.04. The third-order valence-corrected chi connectivity index (χ3v) is 4.07. The van der Waals surface area contributed by atoms with E-state index in [1.807, 2.05) is 6.92 Å². The van der Waals surface area contributed by atoms with E-state index in [1.165, 1.54) is 4.57 Å². The van der Waals surface area contributed by atoms with Crippen LogP contribution in [0.4, 0.5) is 11.5 Å². The second-order valence-electron chi connectivity index (χ2n) is 5.87. The van der Waals surface area contributed by atoms with Crippen molar-refractivity contribution in [2.24, 2.45) is 5.92 Å². The molecule has 1 heterocycles. The molecule has 21 heavy (non-hydrogen) atoms. The Bertz CT molecular complexity index is 601.